The number of hydrogen-bond donors (Lipinski definition) is 2. The molecule has 3 N–H and O–H groups in total. The maximum Gasteiger partial charge on any atom is 0.272 e. The summed E-state index contributed by atoms with van der Waals surface area (Å²) in [6, 6.07) is 3.24. The van der Waals surface area contributed by atoms with Crippen molar-refractivity contribution in [3.63, 3.8) is 0 Å². The van der Waals surface area contributed by atoms with Crippen LogP contribution in [0.4, 0.5) is 10.2 Å². The van der Waals surface area contributed by atoms with E-state index in [2.05, 4.69) is 42.0 Å². The minimum Gasteiger partial charge on any atom is -0.394 e. The molecular formula is C25H37ClFN5O2Si. The molecule has 1 amide bonds. The van der Waals surface area contributed by atoms with Gasteiger partial charge in [-0.25, -0.2) is 9.67 Å². The Morgan fingerprint density at radius 3 is 2.34 bits per heavy atom. The number of ether oxygens (including phenoxy) is 1. The third-order valence-corrected chi connectivity index (χ3v) is 9.60. The van der Waals surface area contributed by atoms with Crippen molar-refractivity contribution in [2.24, 2.45) is 17.6 Å². The molecule has 2 heterocycles. The maximum atomic E-state index is 15.1. The molecule has 2 aromatic rings. The zero-order valence-electron chi connectivity index (χ0n) is 21.4. The lowest BCUT2D eigenvalue weighted by Gasteiger charge is -2.25. The van der Waals surface area contributed by atoms with E-state index in [4.69, 9.17) is 10.5 Å². The molecule has 35 heavy (non-hydrogen) atoms. The van der Waals surface area contributed by atoms with Crippen molar-refractivity contribution in [1.29, 1.82) is 0 Å². The van der Waals surface area contributed by atoms with Crippen LogP contribution in [0.3, 0.4) is 0 Å². The summed E-state index contributed by atoms with van der Waals surface area (Å²) in [6.07, 6.45) is 4.37. The first-order valence-corrected chi connectivity index (χ1v) is 15.7. The molecular weight excluding hydrogens is 485 g/mol. The molecule has 2 aliphatic rings. The second-order valence-electron chi connectivity index (χ2n) is 10.8. The zero-order chi connectivity index (χ0) is 24.8. The summed E-state index contributed by atoms with van der Waals surface area (Å²) in [7, 11) is -1.43. The number of anilines is 1. The number of hydrogen-bond acceptors (Lipinski definition) is 5. The van der Waals surface area contributed by atoms with Gasteiger partial charge in [0, 0.05) is 22.5 Å². The van der Waals surface area contributed by atoms with E-state index in [1.807, 2.05) is 13.8 Å². The first-order valence-electron chi connectivity index (χ1n) is 12.1. The van der Waals surface area contributed by atoms with Crippen molar-refractivity contribution >= 4 is 32.2 Å². The number of amides is 1. The molecule has 0 radical (unpaired) electrons. The van der Waals surface area contributed by atoms with Gasteiger partial charge in [-0.3, -0.25) is 4.79 Å². The second-order valence-corrected chi connectivity index (χ2v) is 16.3. The first kappa shape index (κ1) is 27.4. The van der Waals surface area contributed by atoms with E-state index in [0.717, 1.165) is 37.0 Å². The monoisotopic (exact) mass is 521 g/mol. The normalized spacial score (nSPS) is 16.4. The second kappa shape index (κ2) is 10.4. The summed E-state index contributed by atoms with van der Waals surface area (Å²) >= 11 is 0. The van der Waals surface area contributed by atoms with Crippen molar-refractivity contribution < 1.29 is 13.9 Å². The lowest BCUT2D eigenvalue weighted by molar-refractivity contribution is -0.113. The number of nitrogens with zero attached hydrogens (tertiary/aromatic N) is 3. The minimum absolute atomic E-state index is 0. The Kier molecular flexibility index (Phi) is 8.13. The Balaban J connectivity index is 0.00000342. The van der Waals surface area contributed by atoms with E-state index in [9.17, 15) is 4.79 Å². The molecule has 192 valence electrons. The molecule has 2 saturated carbocycles. The van der Waals surface area contributed by atoms with Gasteiger partial charge in [0.2, 0.25) is 5.95 Å². The van der Waals surface area contributed by atoms with E-state index in [-0.39, 0.29) is 29.6 Å². The molecule has 0 aromatic carbocycles. The van der Waals surface area contributed by atoms with Crippen LogP contribution >= 0.6 is 12.4 Å². The average Bonchev–Trinajstić information content (AvgIpc) is 3.67. The van der Waals surface area contributed by atoms with Crippen LogP contribution in [0.5, 0.6) is 0 Å². The van der Waals surface area contributed by atoms with Gasteiger partial charge in [-0.2, -0.15) is 9.49 Å². The standard InChI is InChI=1S/C25H36FN5O2Si.ClH/c1-14-21(15(2)31(30-14)13-33-16(3)34(4,5)6)19-11-12-20(28-24(19)26)29-25(32)23(27)22(17-7-8-17)18-9-10-18;/h11-12,16-18H,7-10,13,27H2,1-6H3,(H,28,29,32);1H/t16-;/m0./s1. The van der Waals surface area contributed by atoms with Crippen LogP contribution in [0, 0.1) is 31.6 Å². The number of aryl methyl sites for hydroxylation is 1. The average molecular weight is 522 g/mol. The molecule has 0 spiro atoms. The number of rotatable bonds is 9. The molecule has 2 fully saturated rings. The number of pyridine rings is 1. The van der Waals surface area contributed by atoms with E-state index in [1.165, 1.54) is 0 Å². The Labute approximate surface area is 214 Å². The van der Waals surface area contributed by atoms with Crippen molar-refractivity contribution in [3.05, 3.63) is 40.7 Å². The van der Waals surface area contributed by atoms with E-state index < -0.39 is 19.9 Å². The third kappa shape index (κ3) is 6.13. The smallest absolute Gasteiger partial charge is 0.272 e. The Hall–Kier alpha value is -2.23. The Morgan fingerprint density at radius 1 is 1.23 bits per heavy atom. The van der Waals surface area contributed by atoms with Crippen LogP contribution in [0.1, 0.15) is 44.0 Å². The zero-order valence-corrected chi connectivity index (χ0v) is 23.3. The van der Waals surface area contributed by atoms with E-state index in [1.54, 1.807) is 16.8 Å². The van der Waals surface area contributed by atoms with Crippen LogP contribution < -0.4 is 11.1 Å². The molecule has 4 rings (SSSR count). The van der Waals surface area contributed by atoms with Gasteiger partial charge in [-0.1, -0.05) is 19.6 Å². The van der Waals surface area contributed by atoms with E-state index >= 15 is 4.39 Å². The molecule has 1 atom stereocenters. The fourth-order valence-corrected chi connectivity index (χ4v) is 4.79. The first-order chi connectivity index (χ1) is 16.0. The molecule has 2 aliphatic carbocycles. The number of allylic oxidation sites excluding steroid dienone is 1. The predicted octanol–water partition coefficient (Wildman–Crippen LogP) is 5.33. The Bertz CT molecular complexity index is 1120. The highest BCUT2D eigenvalue weighted by Gasteiger charge is 2.39. The largest absolute Gasteiger partial charge is 0.394 e. The number of nitrogens with one attached hydrogen (secondary N) is 1. The van der Waals surface area contributed by atoms with Crippen molar-refractivity contribution in [2.75, 3.05) is 5.32 Å². The lowest BCUT2D eigenvalue weighted by atomic mass is 10.0. The van der Waals surface area contributed by atoms with Gasteiger partial charge in [0.25, 0.3) is 5.91 Å². The summed E-state index contributed by atoms with van der Waals surface area (Å²) in [5.41, 5.74) is 10.3. The topological polar surface area (TPSA) is 95.1 Å². The van der Waals surface area contributed by atoms with Gasteiger partial charge in [0.1, 0.15) is 12.5 Å². The van der Waals surface area contributed by atoms with Crippen LogP contribution in [-0.4, -0.2) is 34.5 Å². The SMILES string of the molecule is Cc1nn(CO[C@H](C)[Si](C)(C)C)c(C)c1-c1ccc(NC(=O)C(N)=C(C2CC2)C2CC2)nc1F.Cl. The molecule has 0 bridgehead atoms. The van der Waals surface area contributed by atoms with Crippen LogP contribution in [0.2, 0.25) is 19.6 Å². The van der Waals surface area contributed by atoms with Gasteiger partial charge < -0.3 is 15.8 Å². The highest BCUT2D eigenvalue weighted by atomic mass is 35.5. The molecule has 0 unspecified atom stereocenters. The fourth-order valence-electron chi connectivity index (χ4n) is 4.21. The van der Waals surface area contributed by atoms with Crippen LogP contribution in [0.15, 0.2) is 23.4 Å². The summed E-state index contributed by atoms with van der Waals surface area (Å²) < 4.78 is 22.9. The minimum atomic E-state index is -1.43. The summed E-state index contributed by atoms with van der Waals surface area (Å²) in [5.74, 6) is -0.0411. The molecule has 0 aliphatic heterocycles. The van der Waals surface area contributed by atoms with Crippen LogP contribution in [-0.2, 0) is 16.3 Å². The van der Waals surface area contributed by atoms with Crippen LogP contribution in [0.25, 0.3) is 11.1 Å². The van der Waals surface area contributed by atoms with Gasteiger partial charge in [-0.15, -0.1) is 12.4 Å². The lowest BCUT2D eigenvalue weighted by Crippen LogP contribution is -2.38. The van der Waals surface area contributed by atoms with Crippen molar-refractivity contribution in [1.82, 2.24) is 14.8 Å². The van der Waals surface area contributed by atoms with E-state index in [0.29, 0.717) is 35.4 Å². The highest BCUT2D eigenvalue weighted by molar-refractivity contribution is 6.77. The number of aromatic nitrogens is 3. The van der Waals surface area contributed by atoms with Crippen molar-refractivity contribution in [3.8, 4) is 11.1 Å². The Morgan fingerprint density at radius 2 is 1.83 bits per heavy atom. The maximum absolute atomic E-state index is 15.1. The molecule has 10 heteroatoms. The number of carbonyl (C=O) groups is 1. The third-order valence-electron chi connectivity index (χ3n) is 7.00. The number of nitrogens with two attached hydrogens (primary N) is 1. The van der Waals surface area contributed by atoms with Gasteiger partial charge in [-0.05, 0) is 76.0 Å². The van der Waals surface area contributed by atoms with Gasteiger partial charge in [0.05, 0.1) is 19.5 Å². The quantitative estimate of drug-likeness (QED) is 0.264. The summed E-state index contributed by atoms with van der Waals surface area (Å²) in [5, 5.41) is 7.24. The van der Waals surface area contributed by atoms with Gasteiger partial charge in [0.15, 0.2) is 0 Å². The highest BCUT2D eigenvalue weighted by Crippen LogP contribution is 2.49. The summed E-state index contributed by atoms with van der Waals surface area (Å²) in [6.45, 7) is 12.9. The molecule has 0 saturated heterocycles. The number of halogens is 2. The van der Waals surface area contributed by atoms with Gasteiger partial charge >= 0.3 is 0 Å². The fraction of sp³-hybridized carbons (Fsp3) is 0.560. The predicted molar refractivity (Wildman–Crippen MR) is 141 cm³/mol. The van der Waals surface area contributed by atoms with Crippen molar-refractivity contribution in [2.45, 2.75) is 78.6 Å². The molecule has 2 aromatic heterocycles. The number of carbonyl (C=O) groups excluding carboxylic acids is 1. The summed E-state index contributed by atoms with van der Waals surface area (Å²) in [4.78, 5) is 16.7. The molecule has 7 nitrogen and oxygen atoms in total.